The van der Waals surface area contributed by atoms with Gasteiger partial charge in [0.2, 0.25) is 0 Å². The smallest absolute Gasteiger partial charge is 0.176 e. The minimum absolute atomic E-state index is 0.194. The highest BCUT2D eigenvalue weighted by molar-refractivity contribution is 8.00. The molecule has 1 aliphatic rings. The van der Waals surface area contributed by atoms with Crippen LogP contribution in [0.15, 0.2) is 18.2 Å². The van der Waals surface area contributed by atoms with Gasteiger partial charge >= 0.3 is 0 Å². The highest BCUT2D eigenvalue weighted by Crippen LogP contribution is 2.30. The Morgan fingerprint density at radius 3 is 3.11 bits per heavy atom. The van der Waals surface area contributed by atoms with Crippen molar-refractivity contribution >= 4 is 17.5 Å². The molecule has 1 heterocycles. The molecule has 0 N–H and O–H groups in total. The highest BCUT2D eigenvalue weighted by atomic mass is 32.2. The summed E-state index contributed by atoms with van der Waals surface area (Å²) in [6.07, 6.45) is 3.17. The van der Waals surface area contributed by atoms with E-state index in [0.29, 0.717) is 11.0 Å². The van der Waals surface area contributed by atoms with Crippen LogP contribution < -0.4 is 4.74 Å². The fraction of sp³-hybridized carbons (Fsp3) is 0.533. The third-order valence-electron chi connectivity index (χ3n) is 3.31. The second-order valence-corrected chi connectivity index (χ2v) is 6.13. The van der Waals surface area contributed by atoms with E-state index in [2.05, 4.69) is 19.9 Å². The number of hydrogen-bond acceptors (Lipinski definition) is 3. The van der Waals surface area contributed by atoms with Gasteiger partial charge in [0.15, 0.2) is 5.78 Å². The lowest BCUT2D eigenvalue weighted by molar-refractivity contribution is 0.101. The molecular weight excluding hydrogens is 244 g/mol. The predicted molar refractivity (Wildman–Crippen MR) is 76.8 cm³/mol. The molecule has 1 unspecified atom stereocenters. The second kappa shape index (κ2) is 6.28. The van der Waals surface area contributed by atoms with E-state index in [4.69, 9.17) is 4.74 Å². The van der Waals surface area contributed by atoms with Gasteiger partial charge in [-0.1, -0.05) is 26.0 Å². The van der Waals surface area contributed by atoms with Crippen LogP contribution >= 0.6 is 11.8 Å². The molecule has 0 spiro atoms. The first-order valence-corrected chi connectivity index (χ1v) is 7.66. The minimum atomic E-state index is 0.194. The van der Waals surface area contributed by atoms with Gasteiger partial charge in [0.25, 0.3) is 0 Å². The van der Waals surface area contributed by atoms with E-state index >= 15 is 0 Å². The summed E-state index contributed by atoms with van der Waals surface area (Å²) < 4.78 is 5.68. The summed E-state index contributed by atoms with van der Waals surface area (Å²) in [4.78, 5) is 12.2. The molecular formula is C15H20O2S. The summed E-state index contributed by atoms with van der Waals surface area (Å²) >= 11 is 1.72. The number of Topliss-reactive ketones (excluding diaryl/α,β-unsaturated/α-hetero) is 1. The Hall–Kier alpha value is -0.960. The van der Waals surface area contributed by atoms with Crippen molar-refractivity contribution < 1.29 is 9.53 Å². The molecule has 1 aromatic rings. The molecule has 3 heteroatoms. The van der Waals surface area contributed by atoms with Crippen LogP contribution in [0.5, 0.6) is 5.75 Å². The van der Waals surface area contributed by atoms with Crippen LogP contribution in [-0.2, 0) is 6.42 Å². The van der Waals surface area contributed by atoms with E-state index in [1.54, 1.807) is 11.8 Å². The van der Waals surface area contributed by atoms with Crippen LogP contribution in [0.1, 0.15) is 42.6 Å². The molecule has 0 amide bonds. The largest absolute Gasteiger partial charge is 0.493 e. The zero-order chi connectivity index (χ0) is 13.0. The number of carbonyl (C=O) groups excluding carboxylic acids is 1. The van der Waals surface area contributed by atoms with Crippen molar-refractivity contribution in [3.63, 3.8) is 0 Å². The predicted octanol–water partition coefficient (Wildman–Crippen LogP) is 3.73. The first-order valence-electron chi connectivity index (χ1n) is 6.62. The maximum atomic E-state index is 12.2. The van der Waals surface area contributed by atoms with Crippen LogP contribution in [-0.4, -0.2) is 23.4 Å². The number of benzene rings is 1. The normalized spacial score (nSPS) is 15.7. The maximum absolute atomic E-state index is 12.2. The van der Waals surface area contributed by atoms with Crippen LogP contribution in [0, 0.1) is 0 Å². The van der Waals surface area contributed by atoms with E-state index in [1.165, 1.54) is 5.56 Å². The van der Waals surface area contributed by atoms with Crippen molar-refractivity contribution in [2.75, 3.05) is 12.4 Å². The van der Waals surface area contributed by atoms with E-state index in [0.717, 1.165) is 37.2 Å². The van der Waals surface area contributed by atoms with Crippen molar-refractivity contribution in [3.05, 3.63) is 29.3 Å². The van der Waals surface area contributed by atoms with Gasteiger partial charge in [-0.15, -0.1) is 0 Å². The monoisotopic (exact) mass is 264 g/mol. The number of hydrogen-bond donors (Lipinski definition) is 0. The first kappa shape index (κ1) is 13.5. The SMILES string of the molecule is CCC(C)SCC(=O)c1cccc2c1OCCC2. The molecule has 1 atom stereocenters. The fourth-order valence-corrected chi connectivity index (χ4v) is 2.85. The summed E-state index contributed by atoms with van der Waals surface area (Å²) in [6.45, 7) is 5.04. The van der Waals surface area contributed by atoms with Crippen LogP contribution in [0.3, 0.4) is 0 Å². The van der Waals surface area contributed by atoms with Gasteiger partial charge in [0.05, 0.1) is 17.9 Å². The molecule has 1 aromatic carbocycles. The highest BCUT2D eigenvalue weighted by Gasteiger charge is 2.19. The van der Waals surface area contributed by atoms with Gasteiger partial charge in [-0.05, 0) is 30.9 Å². The lowest BCUT2D eigenvalue weighted by atomic mass is 10.0. The molecule has 0 radical (unpaired) electrons. The molecule has 0 fully saturated rings. The topological polar surface area (TPSA) is 26.3 Å². The van der Waals surface area contributed by atoms with Gasteiger partial charge in [0.1, 0.15) is 5.75 Å². The number of ketones is 1. The van der Waals surface area contributed by atoms with E-state index in [1.807, 2.05) is 12.1 Å². The third-order valence-corrected chi connectivity index (χ3v) is 4.64. The lowest BCUT2D eigenvalue weighted by Crippen LogP contribution is -2.14. The van der Waals surface area contributed by atoms with Crippen LogP contribution in [0.4, 0.5) is 0 Å². The number of para-hydroxylation sites is 1. The zero-order valence-electron chi connectivity index (χ0n) is 11.1. The third kappa shape index (κ3) is 3.08. The molecule has 0 saturated heterocycles. The number of carbonyl (C=O) groups is 1. The molecule has 2 rings (SSSR count). The van der Waals surface area contributed by atoms with E-state index in [9.17, 15) is 4.79 Å². The molecule has 0 aliphatic carbocycles. The summed E-state index contributed by atoms with van der Waals surface area (Å²) in [5, 5.41) is 0.536. The summed E-state index contributed by atoms with van der Waals surface area (Å²) in [5.41, 5.74) is 1.95. The van der Waals surface area contributed by atoms with E-state index in [-0.39, 0.29) is 5.78 Å². The Morgan fingerprint density at radius 2 is 2.33 bits per heavy atom. The Bertz CT molecular complexity index is 429. The Balaban J connectivity index is 2.10. The molecule has 0 aromatic heterocycles. The number of thioether (sulfide) groups is 1. The van der Waals surface area contributed by atoms with Crippen LogP contribution in [0.2, 0.25) is 0 Å². The second-order valence-electron chi connectivity index (χ2n) is 4.70. The van der Waals surface area contributed by atoms with Gasteiger partial charge in [-0.3, -0.25) is 4.79 Å². The number of aryl methyl sites for hydroxylation is 1. The van der Waals surface area contributed by atoms with Crippen molar-refractivity contribution in [2.24, 2.45) is 0 Å². The average Bonchev–Trinajstić information content (AvgIpc) is 2.43. The average molecular weight is 264 g/mol. The van der Waals surface area contributed by atoms with Crippen molar-refractivity contribution in [3.8, 4) is 5.75 Å². The molecule has 1 aliphatic heterocycles. The van der Waals surface area contributed by atoms with Gasteiger partial charge in [-0.2, -0.15) is 11.8 Å². The molecule has 0 saturated carbocycles. The first-order chi connectivity index (χ1) is 8.72. The van der Waals surface area contributed by atoms with Crippen LogP contribution in [0.25, 0.3) is 0 Å². The lowest BCUT2D eigenvalue weighted by Gasteiger charge is -2.19. The Morgan fingerprint density at radius 1 is 1.50 bits per heavy atom. The van der Waals surface area contributed by atoms with Gasteiger partial charge < -0.3 is 4.74 Å². The Kier molecular flexibility index (Phi) is 4.70. The fourth-order valence-electron chi connectivity index (χ4n) is 2.02. The standard InChI is InChI=1S/C15H20O2S/c1-3-11(2)18-10-14(16)13-8-4-6-12-7-5-9-17-15(12)13/h4,6,8,11H,3,5,7,9-10H2,1-2H3. The van der Waals surface area contributed by atoms with E-state index < -0.39 is 0 Å². The van der Waals surface area contributed by atoms with Gasteiger partial charge in [0, 0.05) is 5.25 Å². The number of fused-ring (bicyclic) bond motifs is 1. The number of ether oxygens (including phenoxy) is 1. The van der Waals surface area contributed by atoms with Crippen molar-refractivity contribution in [1.82, 2.24) is 0 Å². The van der Waals surface area contributed by atoms with Crippen molar-refractivity contribution in [2.45, 2.75) is 38.4 Å². The Labute approximate surface area is 113 Å². The maximum Gasteiger partial charge on any atom is 0.176 e. The zero-order valence-corrected chi connectivity index (χ0v) is 11.9. The quantitative estimate of drug-likeness (QED) is 0.758. The van der Waals surface area contributed by atoms with Gasteiger partial charge in [-0.25, -0.2) is 0 Å². The minimum Gasteiger partial charge on any atom is -0.493 e. The molecule has 18 heavy (non-hydrogen) atoms. The number of rotatable bonds is 5. The molecule has 0 bridgehead atoms. The summed E-state index contributed by atoms with van der Waals surface area (Å²) in [6, 6.07) is 5.92. The molecule has 98 valence electrons. The summed E-state index contributed by atoms with van der Waals surface area (Å²) in [7, 11) is 0. The van der Waals surface area contributed by atoms with Crippen molar-refractivity contribution in [1.29, 1.82) is 0 Å². The molecule has 2 nitrogen and oxygen atoms in total. The summed E-state index contributed by atoms with van der Waals surface area (Å²) in [5.74, 6) is 1.58.